The molecule has 1 saturated heterocycles. The number of rotatable bonds is 6. The van der Waals surface area contributed by atoms with Gasteiger partial charge in [0.15, 0.2) is 4.32 Å². The van der Waals surface area contributed by atoms with Gasteiger partial charge in [-0.25, -0.2) is 0 Å². The third-order valence-corrected chi connectivity index (χ3v) is 5.49. The van der Waals surface area contributed by atoms with E-state index in [1.54, 1.807) is 36.4 Å². The van der Waals surface area contributed by atoms with Gasteiger partial charge in [0, 0.05) is 10.0 Å². The van der Waals surface area contributed by atoms with Crippen LogP contribution in [0.25, 0.3) is 6.08 Å². The maximum absolute atomic E-state index is 12.6. The Bertz CT molecular complexity index is 956. The lowest BCUT2D eigenvalue weighted by molar-refractivity contribution is -0.123. The van der Waals surface area contributed by atoms with Gasteiger partial charge in [0.2, 0.25) is 0 Å². The van der Waals surface area contributed by atoms with E-state index in [1.807, 2.05) is 24.3 Å². The first-order chi connectivity index (χ1) is 13.5. The van der Waals surface area contributed by atoms with Gasteiger partial charge in [-0.2, -0.15) is 5.01 Å². The van der Waals surface area contributed by atoms with E-state index < -0.39 is 5.91 Å². The molecule has 1 N–H and O–H groups in total. The van der Waals surface area contributed by atoms with Gasteiger partial charge in [-0.15, -0.1) is 0 Å². The summed E-state index contributed by atoms with van der Waals surface area (Å²) in [5.74, 6) is -0.0624. The zero-order chi connectivity index (χ0) is 20.1. The minimum atomic E-state index is -0.409. The van der Waals surface area contributed by atoms with Crippen molar-refractivity contribution in [2.75, 3.05) is 6.61 Å². The number of nitrogens with one attached hydrogen (secondary N) is 1. The number of thiocarbonyl (C=S) groups is 1. The standard InChI is InChI=1S/C20H15BrN2O3S2/c1-2-11-26-16-9-3-13(4-10-16)12-17-19(25)23(20(27)28-17)22-18(24)14-5-7-15(21)8-6-14/h2-10,12H,1,11H2,(H,22,24)/b17-12-. The molecular formula is C20H15BrN2O3S2. The number of benzene rings is 2. The van der Waals surface area contributed by atoms with Gasteiger partial charge in [-0.05, 0) is 60.3 Å². The zero-order valence-corrected chi connectivity index (χ0v) is 17.8. The molecule has 2 aromatic rings. The van der Waals surface area contributed by atoms with Crippen LogP contribution in [0.5, 0.6) is 5.75 Å². The molecule has 142 valence electrons. The normalized spacial score (nSPS) is 15.0. The number of amides is 2. The zero-order valence-electron chi connectivity index (χ0n) is 14.6. The smallest absolute Gasteiger partial charge is 0.285 e. The number of carbonyl (C=O) groups excluding carboxylic acids is 2. The van der Waals surface area contributed by atoms with E-state index in [-0.39, 0.29) is 10.2 Å². The van der Waals surface area contributed by atoms with Gasteiger partial charge in [0.05, 0.1) is 4.91 Å². The topological polar surface area (TPSA) is 58.6 Å². The molecule has 28 heavy (non-hydrogen) atoms. The molecule has 0 atom stereocenters. The molecule has 0 aromatic heterocycles. The van der Waals surface area contributed by atoms with Crippen LogP contribution in [0, 0.1) is 0 Å². The SMILES string of the molecule is C=CCOc1ccc(/C=C2\SC(=S)N(NC(=O)c3ccc(Br)cc3)C2=O)cc1. The molecule has 0 spiro atoms. The summed E-state index contributed by atoms with van der Waals surface area (Å²) >= 11 is 9.70. The average Bonchev–Trinajstić information content (AvgIpc) is 2.95. The Balaban J connectivity index is 1.70. The third kappa shape index (κ3) is 4.89. The molecule has 5 nitrogen and oxygen atoms in total. The van der Waals surface area contributed by atoms with Crippen molar-refractivity contribution in [3.05, 3.63) is 81.7 Å². The van der Waals surface area contributed by atoms with Crippen LogP contribution in [0.4, 0.5) is 0 Å². The van der Waals surface area contributed by atoms with Crippen LogP contribution in [0.3, 0.4) is 0 Å². The van der Waals surface area contributed by atoms with E-state index in [0.717, 1.165) is 26.8 Å². The summed E-state index contributed by atoms with van der Waals surface area (Å²) in [6.45, 7) is 4.03. The third-order valence-electron chi connectivity index (χ3n) is 3.66. The largest absolute Gasteiger partial charge is 0.490 e. The summed E-state index contributed by atoms with van der Waals surface area (Å²) in [4.78, 5) is 25.4. The van der Waals surface area contributed by atoms with Crippen molar-refractivity contribution in [3.63, 3.8) is 0 Å². The minimum Gasteiger partial charge on any atom is -0.490 e. The van der Waals surface area contributed by atoms with Gasteiger partial charge < -0.3 is 4.74 Å². The molecule has 2 amide bonds. The number of carbonyl (C=O) groups is 2. The van der Waals surface area contributed by atoms with Crippen LogP contribution in [-0.2, 0) is 4.79 Å². The van der Waals surface area contributed by atoms with Crippen molar-refractivity contribution >= 4 is 62.1 Å². The van der Waals surface area contributed by atoms with E-state index in [9.17, 15) is 9.59 Å². The van der Waals surface area contributed by atoms with Gasteiger partial charge >= 0.3 is 0 Å². The number of thioether (sulfide) groups is 1. The van der Waals surface area contributed by atoms with Crippen LogP contribution in [-0.4, -0.2) is 27.8 Å². The predicted octanol–water partition coefficient (Wildman–Crippen LogP) is 4.56. The second-order valence-electron chi connectivity index (χ2n) is 5.63. The second-order valence-corrected chi connectivity index (χ2v) is 8.23. The number of hydrogen-bond donors (Lipinski definition) is 1. The van der Waals surface area contributed by atoms with Gasteiger partial charge in [-0.3, -0.25) is 15.0 Å². The van der Waals surface area contributed by atoms with Gasteiger partial charge in [0.1, 0.15) is 12.4 Å². The molecule has 1 heterocycles. The van der Waals surface area contributed by atoms with Crippen molar-refractivity contribution in [3.8, 4) is 5.75 Å². The van der Waals surface area contributed by atoms with Crippen LogP contribution in [0.15, 0.2) is 70.6 Å². The summed E-state index contributed by atoms with van der Waals surface area (Å²) in [5, 5.41) is 1.10. The number of hydrazine groups is 1. The van der Waals surface area contributed by atoms with E-state index in [0.29, 0.717) is 22.8 Å². The molecule has 2 aromatic carbocycles. The van der Waals surface area contributed by atoms with Crippen molar-refractivity contribution in [2.45, 2.75) is 0 Å². The number of ether oxygens (including phenoxy) is 1. The maximum atomic E-state index is 12.6. The van der Waals surface area contributed by atoms with Crippen LogP contribution < -0.4 is 10.2 Å². The Morgan fingerprint density at radius 1 is 1.21 bits per heavy atom. The van der Waals surface area contributed by atoms with Crippen LogP contribution >= 0.6 is 39.9 Å². The first kappa shape index (κ1) is 20.3. The first-order valence-corrected chi connectivity index (χ1v) is 10.2. The van der Waals surface area contributed by atoms with Gasteiger partial charge in [0.25, 0.3) is 11.8 Å². The summed E-state index contributed by atoms with van der Waals surface area (Å²) in [6, 6.07) is 14.1. The van der Waals surface area contributed by atoms with Gasteiger partial charge in [-0.1, -0.05) is 52.5 Å². The fourth-order valence-electron chi connectivity index (χ4n) is 2.30. The molecule has 0 aliphatic carbocycles. The van der Waals surface area contributed by atoms with Crippen molar-refractivity contribution in [1.29, 1.82) is 0 Å². The highest BCUT2D eigenvalue weighted by molar-refractivity contribution is 9.10. The van der Waals surface area contributed by atoms with Crippen molar-refractivity contribution < 1.29 is 14.3 Å². The molecule has 8 heteroatoms. The number of hydrogen-bond acceptors (Lipinski definition) is 5. The molecule has 3 rings (SSSR count). The average molecular weight is 475 g/mol. The Kier molecular flexibility index (Phi) is 6.66. The van der Waals surface area contributed by atoms with E-state index in [1.165, 1.54) is 0 Å². The van der Waals surface area contributed by atoms with Crippen LogP contribution in [0.1, 0.15) is 15.9 Å². The summed E-state index contributed by atoms with van der Waals surface area (Å²) in [6.07, 6.45) is 3.39. The van der Waals surface area contributed by atoms with Crippen molar-refractivity contribution in [2.24, 2.45) is 0 Å². The summed E-state index contributed by atoms with van der Waals surface area (Å²) in [5.41, 5.74) is 3.81. The fourth-order valence-corrected chi connectivity index (χ4v) is 3.74. The predicted molar refractivity (Wildman–Crippen MR) is 119 cm³/mol. The summed E-state index contributed by atoms with van der Waals surface area (Å²) < 4.78 is 6.57. The molecule has 0 unspecified atom stereocenters. The van der Waals surface area contributed by atoms with Crippen LogP contribution in [0.2, 0.25) is 0 Å². The lowest BCUT2D eigenvalue weighted by atomic mass is 10.2. The molecule has 1 fully saturated rings. The molecule has 0 radical (unpaired) electrons. The Morgan fingerprint density at radius 2 is 1.89 bits per heavy atom. The second kappa shape index (κ2) is 9.18. The Hall–Kier alpha value is -2.42. The fraction of sp³-hybridized carbons (Fsp3) is 0.0500. The highest BCUT2D eigenvalue weighted by atomic mass is 79.9. The number of halogens is 1. The number of nitrogens with zero attached hydrogens (tertiary/aromatic N) is 1. The minimum absolute atomic E-state index is 0.271. The van der Waals surface area contributed by atoms with Crippen molar-refractivity contribution in [1.82, 2.24) is 10.4 Å². The Morgan fingerprint density at radius 3 is 2.54 bits per heavy atom. The highest BCUT2D eigenvalue weighted by Gasteiger charge is 2.33. The summed E-state index contributed by atoms with van der Waals surface area (Å²) in [7, 11) is 0. The van der Waals surface area contributed by atoms with E-state index >= 15 is 0 Å². The Labute approximate surface area is 180 Å². The monoisotopic (exact) mass is 474 g/mol. The molecule has 0 saturated carbocycles. The maximum Gasteiger partial charge on any atom is 0.285 e. The quantitative estimate of drug-likeness (QED) is 0.377. The molecule has 0 bridgehead atoms. The molecule has 1 aliphatic rings. The molecular weight excluding hydrogens is 460 g/mol. The lowest BCUT2D eigenvalue weighted by Crippen LogP contribution is -2.44. The lowest BCUT2D eigenvalue weighted by Gasteiger charge is -2.15. The molecule has 1 aliphatic heterocycles. The van der Waals surface area contributed by atoms with E-state index in [4.69, 9.17) is 17.0 Å². The highest BCUT2D eigenvalue weighted by Crippen LogP contribution is 2.31. The first-order valence-electron chi connectivity index (χ1n) is 8.16. The van der Waals surface area contributed by atoms with E-state index in [2.05, 4.69) is 27.9 Å².